The van der Waals surface area contributed by atoms with Crippen molar-refractivity contribution in [3.8, 4) is 0 Å². The molecule has 0 saturated heterocycles. The Bertz CT molecular complexity index is 894. The molecule has 0 saturated carbocycles. The van der Waals surface area contributed by atoms with Gasteiger partial charge in [-0.1, -0.05) is 0 Å². The van der Waals surface area contributed by atoms with Crippen molar-refractivity contribution < 1.29 is 33.4 Å². The molecule has 9 nitrogen and oxygen atoms in total. The average Bonchev–Trinajstić information content (AvgIpc) is 3.16. The summed E-state index contributed by atoms with van der Waals surface area (Å²) >= 11 is 0. The Morgan fingerprint density at radius 2 is 1.96 bits per heavy atom. The Labute approximate surface area is 155 Å². The van der Waals surface area contributed by atoms with Crippen molar-refractivity contribution in [2.45, 2.75) is 39.5 Å². The van der Waals surface area contributed by atoms with Crippen LogP contribution in [0.4, 0.5) is 4.79 Å². The van der Waals surface area contributed by atoms with Crippen LogP contribution < -0.4 is 5.32 Å². The van der Waals surface area contributed by atoms with E-state index in [0.29, 0.717) is 24.2 Å². The molecule has 27 heavy (non-hydrogen) atoms. The molecule has 1 atom stereocenters. The van der Waals surface area contributed by atoms with E-state index in [1.165, 1.54) is 28.0 Å². The maximum absolute atomic E-state index is 13.0. The zero-order valence-corrected chi connectivity index (χ0v) is 15.5. The molecule has 1 aromatic heterocycles. The van der Waals surface area contributed by atoms with E-state index in [-0.39, 0.29) is 35.0 Å². The van der Waals surface area contributed by atoms with E-state index in [0.717, 1.165) is 0 Å². The van der Waals surface area contributed by atoms with Crippen molar-refractivity contribution in [1.82, 2.24) is 9.88 Å². The molecule has 0 aromatic carbocycles. The van der Waals surface area contributed by atoms with Crippen LogP contribution in [-0.2, 0) is 32.2 Å². The van der Waals surface area contributed by atoms with Gasteiger partial charge in [0.2, 0.25) is 11.6 Å². The second-order valence-electron chi connectivity index (χ2n) is 6.27. The third-order valence-corrected chi connectivity index (χ3v) is 4.72. The first-order chi connectivity index (χ1) is 12.8. The largest absolute Gasteiger partial charge is 0.492 e. The van der Waals surface area contributed by atoms with Crippen LogP contribution in [-0.4, -0.2) is 42.4 Å². The third kappa shape index (κ3) is 2.88. The summed E-state index contributed by atoms with van der Waals surface area (Å²) in [4.78, 5) is 48.9. The molecule has 1 N–H and O–H groups in total. The molecule has 1 aromatic rings. The van der Waals surface area contributed by atoms with E-state index in [9.17, 15) is 19.2 Å². The standard InChI is InChI=1S/C18H20N2O7/c1-8-15(22)14-12(16(23)17(8)25-4)10(7-26-18(24)19-3)13-11(27-9(2)21)5-6-20(13)14/h11H,5-7H2,1-4H3,(H,19,24). The van der Waals surface area contributed by atoms with Gasteiger partial charge in [-0.05, 0) is 6.92 Å². The Morgan fingerprint density at radius 3 is 2.56 bits per heavy atom. The third-order valence-electron chi connectivity index (χ3n) is 4.72. The number of allylic oxidation sites excluding steroid dienone is 2. The summed E-state index contributed by atoms with van der Waals surface area (Å²) in [6, 6.07) is 0. The van der Waals surface area contributed by atoms with Crippen molar-refractivity contribution in [1.29, 1.82) is 0 Å². The molecule has 0 spiro atoms. The van der Waals surface area contributed by atoms with Gasteiger partial charge in [0.1, 0.15) is 18.4 Å². The van der Waals surface area contributed by atoms with Crippen molar-refractivity contribution in [2.24, 2.45) is 0 Å². The number of carbonyl (C=O) groups is 4. The van der Waals surface area contributed by atoms with Crippen LogP contribution in [0.1, 0.15) is 58.5 Å². The molecule has 2 heterocycles. The van der Waals surface area contributed by atoms with Gasteiger partial charge in [0.25, 0.3) is 0 Å². The topological polar surface area (TPSA) is 113 Å². The minimum absolute atomic E-state index is 0.0398. The van der Waals surface area contributed by atoms with Gasteiger partial charge in [-0.2, -0.15) is 0 Å². The molecule has 0 radical (unpaired) electrons. The minimum atomic E-state index is -0.681. The zero-order valence-electron chi connectivity index (χ0n) is 15.5. The molecular formula is C18H20N2O7. The maximum atomic E-state index is 13.0. The number of methoxy groups -OCH3 is 1. The molecular weight excluding hydrogens is 356 g/mol. The lowest BCUT2D eigenvalue weighted by Gasteiger charge is -2.18. The molecule has 1 unspecified atom stereocenters. The fourth-order valence-corrected chi connectivity index (χ4v) is 3.63. The van der Waals surface area contributed by atoms with Crippen LogP contribution in [0.25, 0.3) is 0 Å². The van der Waals surface area contributed by atoms with E-state index in [2.05, 4.69) is 5.32 Å². The maximum Gasteiger partial charge on any atom is 0.407 e. The summed E-state index contributed by atoms with van der Waals surface area (Å²) in [6.45, 7) is 2.99. The van der Waals surface area contributed by atoms with Gasteiger partial charge in [0, 0.05) is 38.1 Å². The molecule has 1 amide bonds. The second kappa shape index (κ2) is 6.90. The number of fused-ring (bicyclic) bond motifs is 3. The molecule has 0 bridgehead atoms. The average molecular weight is 376 g/mol. The molecule has 1 aliphatic carbocycles. The molecule has 2 aliphatic rings. The van der Waals surface area contributed by atoms with Gasteiger partial charge < -0.3 is 24.1 Å². The first-order valence-corrected chi connectivity index (χ1v) is 8.43. The Balaban J connectivity index is 2.17. The van der Waals surface area contributed by atoms with Crippen LogP contribution in [0.3, 0.4) is 0 Å². The number of aromatic nitrogens is 1. The summed E-state index contributed by atoms with van der Waals surface area (Å²) in [5, 5.41) is 2.33. The number of hydrogen-bond acceptors (Lipinski definition) is 7. The number of amides is 1. The number of hydrogen-bond donors (Lipinski definition) is 1. The zero-order chi connectivity index (χ0) is 19.9. The van der Waals surface area contributed by atoms with Crippen LogP contribution in [0.5, 0.6) is 0 Å². The van der Waals surface area contributed by atoms with E-state index >= 15 is 0 Å². The lowest BCUT2D eigenvalue weighted by atomic mass is 9.90. The number of rotatable bonds is 4. The monoisotopic (exact) mass is 376 g/mol. The Kier molecular flexibility index (Phi) is 4.77. The SMILES string of the molecule is CNC(=O)OCc1c2c(n3c1C(OC(C)=O)CC3)C(=O)C(C)=C(OC)C2=O. The van der Waals surface area contributed by atoms with Crippen LogP contribution in [0, 0.1) is 0 Å². The number of alkyl carbamates (subject to hydrolysis) is 1. The smallest absolute Gasteiger partial charge is 0.407 e. The van der Waals surface area contributed by atoms with Gasteiger partial charge in [0.05, 0.1) is 18.4 Å². The summed E-state index contributed by atoms with van der Waals surface area (Å²) in [5.41, 5.74) is 1.44. The van der Waals surface area contributed by atoms with Crippen LogP contribution in [0.2, 0.25) is 0 Å². The first kappa shape index (κ1) is 18.7. The molecule has 144 valence electrons. The Morgan fingerprint density at radius 1 is 1.26 bits per heavy atom. The molecule has 9 heteroatoms. The lowest BCUT2D eigenvalue weighted by molar-refractivity contribution is -0.146. The molecule has 0 fully saturated rings. The number of carbonyl (C=O) groups excluding carboxylic acids is 4. The number of ketones is 2. The molecule has 3 rings (SSSR count). The highest BCUT2D eigenvalue weighted by Crippen LogP contribution is 2.42. The molecule has 1 aliphatic heterocycles. The highest BCUT2D eigenvalue weighted by molar-refractivity contribution is 6.26. The lowest BCUT2D eigenvalue weighted by Crippen LogP contribution is -2.25. The van der Waals surface area contributed by atoms with Gasteiger partial charge in [0.15, 0.2) is 5.76 Å². The first-order valence-electron chi connectivity index (χ1n) is 8.43. The number of ether oxygens (including phenoxy) is 3. The van der Waals surface area contributed by atoms with Crippen molar-refractivity contribution in [3.05, 3.63) is 33.8 Å². The van der Waals surface area contributed by atoms with Crippen molar-refractivity contribution in [2.75, 3.05) is 14.2 Å². The normalized spacial score (nSPS) is 18.1. The van der Waals surface area contributed by atoms with Crippen molar-refractivity contribution >= 4 is 23.6 Å². The fraction of sp³-hybridized carbons (Fsp3) is 0.444. The van der Waals surface area contributed by atoms with Gasteiger partial charge >= 0.3 is 12.1 Å². The van der Waals surface area contributed by atoms with Crippen LogP contribution in [0.15, 0.2) is 11.3 Å². The summed E-state index contributed by atoms with van der Waals surface area (Å²) in [7, 11) is 2.73. The summed E-state index contributed by atoms with van der Waals surface area (Å²) in [5.74, 6) is -1.31. The fourth-order valence-electron chi connectivity index (χ4n) is 3.63. The van der Waals surface area contributed by atoms with Crippen LogP contribution >= 0.6 is 0 Å². The van der Waals surface area contributed by atoms with E-state index in [4.69, 9.17) is 14.2 Å². The van der Waals surface area contributed by atoms with E-state index in [1.54, 1.807) is 4.57 Å². The number of esters is 1. The highest BCUT2D eigenvalue weighted by atomic mass is 16.6. The number of nitrogens with zero attached hydrogens (tertiary/aromatic N) is 1. The summed E-state index contributed by atoms with van der Waals surface area (Å²) in [6.07, 6.45) is -0.835. The minimum Gasteiger partial charge on any atom is -0.492 e. The summed E-state index contributed by atoms with van der Waals surface area (Å²) < 4.78 is 17.3. The van der Waals surface area contributed by atoms with E-state index in [1.807, 2.05) is 0 Å². The Hall–Kier alpha value is -3.10. The number of Topliss-reactive ketones (excluding diaryl/α,β-unsaturated/α-hetero) is 2. The van der Waals surface area contributed by atoms with E-state index < -0.39 is 23.9 Å². The number of nitrogens with one attached hydrogen (secondary N) is 1. The predicted molar refractivity (Wildman–Crippen MR) is 91.2 cm³/mol. The highest BCUT2D eigenvalue weighted by Gasteiger charge is 2.43. The van der Waals surface area contributed by atoms with Crippen molar-refractivity contribution in [3.63, 3.8) is 0 Å². The predicted octanol–water partition coefficient (Wildman–Crippen LogP) is 1.65. The second-order valence-corrected chi connectivity index (χ2v) is 6.27. The van der Waals surface area contributed by atoms with Gasteiger partial charge in [-0.3, -0.25) is 14.4 Å². The van der Waals surface area contributed by atoms with Gasteiger partial charge in [-0.25, -0.2) is 4.79 Å². The quantitative estimate of drug-likeness (QED) is 0.795. The van der Waals surface area contributed by atoms with Gasteiger partial charge in [-0.15, -0.1) is 0 Å².